The Balaban J connectivity index is 2.16. The van der Waals surface area contributed by atoms with E-state index in [4.69, 9.17) is 5.11 Å². The van der Waals surface area contributed by atoms with E-state index in [9.17, 15) is 4.79 Å². The van der Waals surface area contributed by atoms with E-state index >= 15 is 0 Å². The molecular weight excluding hydrogens is 230 g/mol. The molecule has 92 valence electrons. The van der Waals surface area contributed by atoms with Crippen LogP contribution in [0.25, 0.3) is 0 Å². The van der Waals surface area contributed by atoms with Gasteiger partial charge in [-0.25, -0.2) is 4.79 Å². The van der Waals surface area contributed by atoms with Gasteiger partial charge in [-0.1, -0.05) is 30.3 Å². The lowest BCUT2D eigenvalue weighted by atomic mass is 10.2. The van der Waals surface area contributed by atoms with Crippen LogP contribution >= 0.6 is 0 Å². The van der Waals surface area contributed by atoms with Gasteiger partial charge in [0.05, 0.1) is 11.8 Å². The van der Waals surface area contributed by atoms with Gasteiger partial charge in [-0.05, 0) is 11.6 Å². The summed E-state index contributed by atoms with van der Waals surface area (Å²) in [5.41, 5.74) is 1.27. The number of carbonyl (C=O) groups is 1. The number of anilines is 1. The predicted octanol–water partition coefficient (Wildman–Crippen LogP) is 1.81. The molecule has 0 saturated heterocycles. The van der Waals surface area contributed by atoms with Crippen molar-refractivity contribution in [1.82, 2.24) is 10.2 Å². The molecule has 1 aromatic heterocycles. The highest BCUT2D eigenvalue weighted by atomic mass is 16.4. The summed E-state index contributed by atoms with van der Waals surface area (Å²) in [7, 11) is 1.85. The Labute approximate surface area is 105 Å². The highest BCUT2D eigenvalue weighted by Gasteiger charge is 2.09. The van der Waals surface area contributed by atoms with Gasteiger partial charge in [0.1, 0.15) is 0 Å². The van der Waals surface area contributed by atoms with Crippen molar-refractivity contribution >= 4 is 11.8 Å². The van der Waals surface area contributed by atoms with Crippen molar-refractivity contribution in [2.24, 2.45) is 0 Å². The van der Waals surface area contributed by atoms with Crippen molar-refractivity contribution in [3.63, 3.8) is 0 Å². The molecule has 1 heterocycles. The molecule has 5 nitrogen and oxygen atoms in total. The van der Waals surface area contributed by atoms with Crippen LogP contribution in [0.2, 0.25) is 0 Å². The molecule has 0 atom stereocenters. The fraction of sp³-hybridized carbons (Fsp3) is 0.154. The summed E-state index contributed by atoms with van der Waals surface area (Å²) >= 11 is 0. The maximum Gasteiger partial charge on any atom is 0.337 e. The van der Waals surface area contributed by atoms with E-state index in [1.54, 1.807) is 0 Å². The standard InChI is InChI=1S/C13H13N3O2/c1-16(9-10-5-3-2-4-6-10)12-7-11(13(17)18)8-14-15-12/h2-8H,9H2,1H3,(H,17,18). The molecular formula is C13H13N3O2. The van der Waals surface area contributed by atoms with Gasteiger partial charge in [0, 0.05) is 13.6 Å². The molecule has 0 amide bonds. The van der Waals surface area contributed by atoms with Gasteiger partial charge in [-0.3, -0.25) is 0 Å². The monoisotopic (exact) mass is 243 g/mol. The van der Waals surface area contributed by atoms with Gasteiger partial charge >= 0.3 is 5.97 Å². The first-order chi connectivity index (χ1) is 8.66. The Morgan fingerprint density at radius 2 is 2.06 bits per heavy atom. The zero-order chi connectivity index (χ0) is 13.0. The van der Waals surface area contributed by atoms with Crippen LogP contribution in [0.1, 0.15) is 15.9 Å². The molecule has 1 N–H and O–H groups in total. The summed E-state index contributed by atoms with van der Waals surface area (Å²) < 4.78 is 0. The lowest BCUT2D eigenvalue weighted by molar-refractivity contribution is 0.0696. The zero-order valence-electron chi connectivity index (χ0n) is 9.95. The van der Waals surface area contributed by atoms with Crippen molar-refractivity contribution in [1.29, 1.82) is 0 Å². The molecule has 0 aliphatic carbocycles. The molecule has 0 saturated carbocycles. The third-order valence-corrected chi connectivity index (χ3v) is 2.54. The summed E-state index contributed by atoms with van der Waals surface area (Å²) in [5, 5.41) is 16.5. The minimum atomic E-state index is -1.00. The average molecular weight is 243 g/mol. The van der Waals surface area contributed by atoms with Crippen molar-refractivity contribution in [2.45, 2.75) is 6.54 Å². The average Bonchev–Trinajstić information content (AvgIpc) is 2.40. The minimum absolute atomic E-state index is 0.139. The molecule has 2 rings (SSSR count). The number of rotatable bonds is 4. The van der Waals surface area contributed by atoms with Crippen molar-refractivity contribution in [2.75, 3.05) is 11.9 Å². The van der Waals surface area contributed by atoms with E-state index in [1.165, 1.54) is 12.3 Å². The number of carboxylic acid groups (broad SMARTS) is 1. The third-order valence-electron chi connectivity index (χ3n) is 2.54. The van der Waals surface area contributed by atoms with E-state index in [0.29, 0.717) is 12.4 Å². The largest absolute Gasteiger partial charge is 0.478 e. The quantitative estimate of drug-likeness (QED) is 0.887. The SMILES string of the molecule is CN(Cc1ccccc1)c1cc(C(=O)O)cnn1. The van der Waals surface area contributed by atoms with Crippen LogP contribution < -0.4 is 4.90 Å². The van der Waals surface area contributed by atoms with Gasteiger partial charge in [0.15, 0.2) is 5.82 Å². The van der Waals surface area contributed by atoms with Gasteiger partial charge in [0.2, 0.25) is 0 Å². The van der Waals surface area contributed by atoms with Crippen LogP contribution in [0, 0.1) is 0 Å². The van der Waals surface area contributed by atoms with Gasteiger partial charge in [0.25, 0.3) is 0 Å². The van der Waals surface area contributed by atoms with Crippen molar-refractivity contribution in [3.8, 4) is 0 Å². The second kappa shape index (κ2) is 5.27. The van der Waals surface area contributed by atoms with Crippen LogP contribution in [0.4, 0.5) is 5.82 Å². The first-order valence-corrected chi connectivity index (χ1v) is 5.48. The lowest BCUT2D eigenvalue weighted by Crippen LogP contribution is -2.18. The zero-order valence-corrected chi connectivity index (χ0v) is 9.95. The number of aromatic carboxylic acids is 1. The number of hydrogen-bond donors (Lipinski definition) is 1. The molecule has 1 aromatic carbocycles. The number of nitrogens with zero attached hydrogens (tertiary/aromatic N) is 3. The van der Waals surface area contributed by atoms with E-state index in [-0.39, 0.29) is 5.56 Å². The Kier molecular flexibility index (Phi) is 3.52. The van der Waals surface area contributed by atoms with Crippen LogP contribution in [0.15, 0.2) is 42.6 Å². The van der Waals surface area contributed by atoms with Crippen LogP contribution in [-0.2, 0) is 6.54 Å². The molecule has 0 bridgehead atoms. The summed E-state index contributed by atoms with van der Waals surface area (Å²) in [5.74, 6) is -0.460. The highest BCUT2D eigenvalue weighted by molar-refractivity contribution is 5.87. The van der Waals surface area contributed by atoms with Crippen LogP contribution in [0.5, 0.6) is 0 Å². The Morgan fingerprint density at radius 1 is 1.33 bits per heavy atom. The maximum absolute atomic E-state index is 10.8. The molecule has 0 aliphatic heterocycles. The minimum Gasteiger partial charge on any atom is -0.478 e. The van der Waals surface area contributed by atoms with Gasteiger partial charge in [-0.15, -0.1) is 5.10 Å². The Hall–Kier alpha value is -2.43. The third kappa shape index (κ3) is 2.82. The fourth-order valence-electron chi connectivity index (χ4n) is 1.60. The molecule has 2 aromatic rings. The molecule has 0 spiro atoms. The van der Waals surface area contributed by atoms with E-state index in [2.05, 4.69) is 10.2 Å². The van der Waals surface area contributed by atoms with Gasteiger partial charge in [-0.2, -0.15) is 5.10 Å². The molecule has 5 heteroatoms. The second-order valence-corrected chi connectivity index (χ2v) is 3.95. The normalized spacial score (nSPS) is 10.1. The topological polar surface area (TPSA) is 66.3 Å². The molecule has 0 radical (unpaired) electrons. The second-order valence-electron chi connectivity index (χ2n) is 3.95. The predicted molar refractivity (Wildman–Crippen MR) is 67.5 cm³/mol. The Bertz CT molecular complexity index is 543. The summed E-state index contributed by atoms with van der Waals surface area (Å²) in [4.78, 5) is 12.7. The van der Waals surface area contributed by atoms with Crippen molar-refractivity contribution in [3.05, 3.63) is 53.7 Å². The summed E-state index contributed by atoms with van der Waals surface area (Å²) in [6.07, 6.45) is 1.24. The highest BCUT2D eigenvalue weighted by Crippen LogP contribution is 2.13. The maximum atomic E-state index is 10.8. The molecule has 18 heavy (non-hydrogen) atoms. The number of aromatic nitrogens is 2. The number of hydrogen-bond acceptors (Lipinski definition) is 4. The lowest BCUT2D eigenvalue weighted by Gasteiger charge is -2.17. The summed E-state index contributed by atoms with van der Waals surface area (Å²) in [6, 6.07) is 11.4. The fourth-order valence-corrected chi connectivity index (χ4v) is 1.60. The molecule has 0 fully saturated rings. The van der Waals surface area contributed by atoms with Crippen LogP contribution in [-0.4, -0.2) is 28.3 Å². The number of carboxylic acids is 1. The first kappa shape index (κ1) is 12.0. The first-order valence-electron chi connectivity index (χ1n) is 5.48. The Morgan fingerprint density at radius 3 is 2.72 bits per heavy atom. The molecule has 0 aliphatic rings. The summed E-state index contributed by atoms with van der Waals surface area (Å²) in [6.45, 7) is 0.651. The van der Waals surface area contributed by atoms with Gasteiger partial charge < -0.3 is 10.0 Å². The van der Waals surface area contributed by atoms with E-state index in [1.807, 2.05) is 42.3 Å². The smallest absolute Gasteiger partial charge is 0.337 e. The van der Waals surface area contributed by atoms with E-state index in [0.717, 1.165) is 5.56 Å². The molecule has 0 unspecified atom stereocenters. The van der Waals surface area contributed by atoms with Crippen molar-refractivity contribution < 1.29 is 9.90 Å². The van der Waals surface area contributed by atoms with E-state index < -0.39 is 5.97 Å². The number of benzene rings is 1. The van der Waals surface area contributed by atoms with Crippen LogP contribution in [0.3, 0.4) is 0 Å².